The Morgan fingerprint density at radius 3 is 1.93 bits per heavy atom. The third-order valence-corrected chi connectivity index (χ3v) is 8.03. The van der Waals surface area contributed by atoms with Gasteiger partial charge in [0.05, 0.1) is 0 Å². The van der Waals surface area contributed by atoms with Crippen LogP contribution in [0.5, 0.6) is 0 Å². The van der Waals surface area contributed by atoms with Gasteiger partial charge in [0.1, 0.15) is 0 Å². The number of hydrogen-bond donors (Lipinski definition) is 0. The minimum Gasteiger partial charge on any atom is -0.0865 e. The van der Waals surface area contributed by atoms with Crippen LogP contribution in [0.2, 0.25) is 0 Å². The van der Waals surface area contributed by atoms with Crippen molar-refractivity contribution >= 4 is 13.9 Å². The van der Waals surface area contributed by atoms with Crippen LogP contribution in [-0.2, 0) is 0 Å². The van der Waals surface area contributed by atoms with Crippen LogP contribution in [0, 0.1) is 0 Å². The summed E-state index contributed by atoms with van der Waals surface area (Å²) < 4.78 is 0. The van der Waals surface area contributed by atoms with Gasteiger partial charge in [-0.2, -0.15) is 0 Å². The standard InChI is InChI=1S/C27H39P/c1-18(2)22-16-17-23(19(3)4)27(26(22)20(5)6)24-14-10-11-15-25(24)28-21-12-8-7-9-13-21/h10-11,14-21,28H,7-9,12-13H2,1-6H3. The van der Waals surface area contributed by atoms with Crippen molar-refractivity contribution in [1.29, 1.82) is 0 Å². The summed E-state index contributed by atoms with van der Waals surface area (Å²) in [7, 11) is 0.949. The van der Waals surface area contributed by atoms with Crippen molar-refractivity contribution in [3.8, 4) is 11.1 Å². The fourth-order valence-corrected chi connectivity index (χ4v) is 6.55. The maximum absolute atomic E-state index is 2.42. The van der Waals surface area contributed by atoms with E-state index in [9.17, 15) is 0 Å². The molecule has 1 atom stereocenters. The van der Waals surface area contributed by atoms with Crippen molar-refractivity contribution in [2.45, 2.75) is 97.1 Å². The topological polar surface area (TPSA) is 0 Å². The Bertz CT molecular complexity index is 779. The lowest BCUT2D eigenvalue weighted by molar-refractivity contribution is 0.514. The highest BCUT2D eigenvalue weighted by atomic mass is 31.1. The van der Waals surface area contributed by atoms with E-state index in [1.807, 2.05) is 0 Å². The van der Waals surface area contributed by atoms with Crippen molar-refractivity contribution in [3.63, 3.8) is 0 Å². The van der Waals surface area contributed by atoms with Gasteiger partial charge in [0.15, 0.2) is 0 Å². The third-order valence-electron chi connectivity index (χ3n) is 6.29. The number of rotatable bonds is 6. The first kappa shape index (κ1) is 21.6. The average molecular weight is 395 g/mol. The van der Waals surface area contributed by atoms with E-state index in [2.05, 4.69) is 77.9 Å². The van der Waals surface area contributed by atoms with Crippen LogP contribution < -0.4 is 5.30 Å². The Kier molecular flexibility index (Phi) is 7.38. The predicted molar refractivity (Wildman–Crippen MR) is 129 cm³/mol. The largest absolute Gasteiger partial charge is 0.0865 e. The van der Waals surface area contributed by atoms with E-state index in [0.717, 1.165) is 14.2 Å². The predicted octanol–water partition coefficient (Wildman–Crippen LogP) is 8.36. The lowest BCUT2D eigenvalue weighted by Crippen LogP contribution is -2.14. The zero-order chi connectivity index (χ0) is 20.3. The lowest BCUT2D eigenvalue weighted by Gasteiger charge is -2.28. The average Bonchev–Trinajstić information content (AvgIpc) is 2.67. The summed E-state index contributed by atoms with van der Waals surface area (Å²) in [5.74, 6) is 1.64. The summed E-state index contributed by atoms with van der Waals surface area (Å²) in [5.41, 5.74) is 8.60. The lowest BCUT2D eigenvalue weighted by atomic mass is 9.80. The van der Waals surface area contributed by atoms with Gasteiger partial charge in [-0.25, -0.2) is 0 Å². The van der Waals surface area contributed by atoms with Gasteiger partial charge in [0.2, 0.25) is 0 Å². The zero-order valence-electron chi connectivity index (χ0n) is 18.8. The van der Waals surface area contributed by atoms with Gasteiger partial charge in [-0.15, -0.1) is 0 Å². The Morgan fingerprint density at radius 2 is 1.32 bits per heavy atom. The molecule has 0 amide bonds. The van der Waals surface area contributed by atoms with Gasteiger partial charge >= 0.3 is 0 Å². The molecule has 0 spiro atoms. The van der Waals surface area contributed by atoms with Crippen molar-refractivity contribution in [2.75, 3.05) is 0 Å². The normalized spacial score (nSPS) is 16.2. The molecule has 2 aromatic rings. The minimum absolute atomic E-state index is 0.539. The molecule has 0 aromatic heterocycles. The van der Waals surface area contributed by atoms with Crippen molar-refractivity contribution < 1.29 is 0 Å². The quantitative estimate of drug-likeness (QED) is 0.432. The maximum Gasteiger partial charge on any atom is -0.0104 e. The van der Waals surface area contributed by atoms with Crippen LogP contribution in [0.4, 0.5) is 0 Å². The zero-order valence-corrected chi connectivity index (χ0v) is 19.8. The summed E-state index contributed by atoms with van der Waals surface area (Å²) >= 11 is 0. The van der Waals surface area contributed by atoms with Crippen LogP contribution in [0.3, 0.4) is 0 Å². The molecule has 1 unspecified atom stereocenters. The van der Waals surface area contributed by atoms with E-state index in [-0.39, 0.29) is 0 Å². The first-order valence-electron chi connectivity index (χ1n) is 11.4. The smallest absolute Gasteiger partial charge is 0.0104 e. The van der Waals surface area contributed by atoms with Crippen molar-refractivity contribution in [1.82, 2.24) is 0 Å². The van der Waals surface area contributed by atoms with E-state index in [1.165, 1.54) is 48.8 Å². The Hall–Kier alpha value is -1.13. The highest BCUT2D eigenvalue weighted by molar-refractivity contribution is 7.48. The first-order valence-corrected chi connectivity index (χ1v) is 12.5. The van der Waals surface area contributed by atoms with Crippen LogP contribution in [-0.4, -0.2) is 5.66 Å². The summed E-state index contributed by atoms with van der Waals surface area (Å²) in [4.78, 5) is 0. The fourth-order valence-electron chi connectivity index (χ4n) is 4.85. The van der Waals surface area contributed by atoms with E-state index >= 15 is 0 Å². The molecule has 0 nitrogen and oxygen atoms in total. The van der Waals surface area contributed by atoms with Crippen LogP contribution in [0.25, 0.3) is 11.1 Å². The van der Waals surface area contributed by atoms with E-state index in [0.29, 0.717) is 17.8 Å². The molecule has 0 bridgehead atoms. The molecule has 1 heteroatoms. The molecule has 1 aliphatic carbocycles. The van der Waals surface area contributed by atoms with Gasteiger partial charge in [0, 0.05) is 0 Å². The molecule has 1 fully saturated rings. The molecule has 0 aliphatic heterocycles. The van der Waals surface area contributed by atoms with Crippen molar-refractivity contribution in [3.05, 3.63) is 53.1 Å². The van der Waals surface area contributed by atoms with Crippen LogP contribution in [0.1, 0.15) is 108 Å². The summed E-state index contributed by atoms with van der Waals surface area (Å²) in [6.45, 7) is 14.1. The van der Waals surface area contributed by atoms with Gasteiger partial charge in [0.25, 0.3) is 0 Å². The van der Waals surface area contributed by atoms with E-state index < -0.39 is 0 Å². The molecular formula is C27H39P. The van der Waals surface area contributed by atoms with Gasteiger partial charge in [-0.05, 0) is 69.4 Å². The van der Waals surface area contributed by atoms with E-state index in [1.54, 1.807) is 16.4 Å². The van der Waals surface area contributed by atoms with E-state index in [4.69, 9.17) is 0 Å². The SMILES string of the molecule is CC(C)c1ccc(C(C)C)c(C(C)C)c1-c1ccccc1PC1CCCCC1. The summed E-state index contributed by atoms with van der Waals surface area (Å²) in [6.07, 6.45) is 7.14. The molecule has 152 valence electrons. The Balaban J connectivity index is 2.18. The molecule has 2 aromatic carbocycles. The maximum atomic E-state index is 2.42. The second kappa shape index (κ2) is 9.58. The molecule has 3 rings (SSSR count). The number of benzene rings is 2. The molecule has 1 aliphatic rings. The van der Waals surface area contributed by atoms with Crippen LogP contribution in [0.15, 0.2) is 36.4 Å². The fraction of sp³-hybridized carbons (Fsp3) is 0.556. The monoisotopic (exact) mass is 394 g/mol. The van der Waals surface area contributed by atoms with Crippen LogP contribution >= 0.6 is 8.58 Å². The summed E-state index contributed by atoms with van der Waals surface area (Å²) in [5, 5.41) is 1.60. The second-order valence-corrected chi connectivity index (χ2v) is 11.2. The highest BCUT2D eigenvalue weighted by Gasteiger charge is 2.23. The van der Waals surface area contributed by atoms with Crippen molar-refractivity contribution in [2.24, 2.45) is 0 Å². The molecule has 0 N–H and O–H groups in total. The molecular weight excluding hydrogens is 355 g/mol. The van der Waals surface area contributed by atoms with Gasteiger partial charge in [-0.1, -0.05) is 106 Å². The summed E-state index contributed by atoms with van der Waals surface area (Å²) in [6, 6.07) is 14.2. The Labute approximate surface area is 175 Å². The minimum atomic E-state index is 0.539. The molecule has 1 saturated carbocycles. The third kappa shape index (κ3) is 4.71. The molecule has 0 saturated heterocycles. The highest BCUT2D eigenvalue weighted by Crippen LogP contribution is 2.42. The molecule has 0 heterocycles. The number of hydrogen-bond acceptors (Lipinski definition) is 0. The second-order valence-electron chi connectivity index (χ2n) is 9.52. The molecule has 0 radical (unpaired) electrons. The molecule has 28 heavy (non-hydrogen) atoms. The first-order chi connectivity index (χ1) is 13.4. The van der Waals surface area contributed by atoms with Gasteiger partial charge < -0.3 is 0 Å². The van der Waals surface area contributed by atoms with Gasteiger partial charge in [-0.3, -0.25) is 0 Å². The Morgan fingerprint density at radius 1 is 0.714 bits per heavy atom.